The number of fused-ring (bicyclic) bond motifs is 1. The van der Waals surface area contributed by atoms with E-state index in [1.165, 1.54) is 11.7 Å². The van der Waals surface area contributed by atoms with E-state index in [1.54, 1.807) is 18.9 Å². The first-order valence-corrected chi connectivity index (χ1v) is 11.8. The van der Waals surface area contributed by atoms with Crippen LogP contribution in [0.5, 0.6) is 5.75 Å². The molecule has 0 amide bonds. The summed E-state index contributed by atoms with van der Waals surface area (Å²) < 4.78 is 37.4. The molecule has 1 aromatic heterocycles. The third-order valence-corrected chi connectivity index (χ3v) is 6.49. The number of benzene rings is 2. The predicted octanol–water partition coefficient (Wildman–Crippen LogP) is 3.18. The number of hydrogen-bond donors (Lipinski definition) is 1. The lowest BCUT2D eigenvalue weighted by atomic mass is 10.1. The highest BCUT2D eigenvalue weighted by atomic mass is 19.1. The van der Waals surface area contributed by atoms with Crippen molar-refractivity contribution in [2.45, 2.75) is 13.5 Å². The lowest BCUT2D eigenvalue weighted by Crippen LogP contribution is -2.48. The largest absolute Gasteiger partial charge is 0.497 e. The first kappa shape index (κ1) is 26.1. The summed E-state index contributed by atoms with van der Waals surface area (Å²) in [7, 11) is 3.07. The summed E-state index contributed by atoms with van der Waals surface area (Å²) in [4.78, 5) is 32.8. The van der Waals surface area contributed by atoms with Crippen molar-refractivity contribution >= 4 is 28.3 Å². The van der Waals surface area contributed by atoms with Crippen LogP contribution in [0.15, 0.2) is 46.5 Å². The molecular formula is C26H28F2N4O5. The fourth-order valence-electron chi connectivity index (χ4n) is 4.58. The molecule has 0 bridgehead atoms. The maximum absolute atomic E-state index is 15.7. The monoisotopic (exact) mass is 514 g/mol. The molecule has 196 valence electrons. The zero-order chi connectivity index (χ0) is 26.7. The Kier molecular flexibility index (Phi) is 7.72. The van der Waals surface area contributed by atoms with Crippen LogP contribution in [-0.4, -0.2) is 73.2 Å². The number of carboxylic acids is 1. The van der Waals surface area contributed by atoms with E-state index in [0.29, 0.717) is 38.4 Å². The van der Waals surface area contributed by atoms with Crippen molar-refractivity contribution in [3.63, 3.8) is 0 Å². The van der Waals surface area contributed by atoms with Gasteiger partial charge < -0.3 is 24.1 Å². The first-order chi connectivity index (χ1) is 17.8. The van der Waals surface area contributed by atoms with Crippen LogP contribution in [0.3, 0.4) is 0 Å². The van der Waals surface area contributed by atoms with Gasteiger partial charge in [-0.05, 0) is 37.3 Å². The van der Waals surface area contributed by atoms with Gasteiger partial charge in [0, 0.05) is 51.0 Å². The van der Waals surface area contributed by atoms with Crippen LogP contribution >= 0.6 is 0 Å². The van der Waals surface area contributed by atoms with Gasteiger partial charge in [-0.2, -0.15) is 0 Å². The highest BCUT2D eigenvalue weighted by molar-refractivity contribution is 6.01. The molecule has 1 aliphatic heterocycles. The van der Waals surface area contributed by atoms with Crippen molar-refractivity contribution < 1.29 is 28.3 Å². The number of ether oxygens (including phenoxy) is 1. The van der Waals surface area contributed by atoms with Crippen LogP contribution in [0.4, 0.5) is 14.5 Å². The van der Waals surface area contributed by atoms with Crippen LogP contribution in [-0.2, 0) is 11.4 Å². The number of rotatable bonds is 8. The molecule has 0 aliphatic carbocycles. The predicted molar refractivity (Wildman–Crippen MR) is 136 cm³/mol. The smallest absolute Gasteiger partial charge is 0.341 e. The topological polar surface area (TPSA) is 96.6 Å². The van der Waals surface area contributed by atoms with Gasteiger partial charge in [-0.15, -0.1) is 0 Å². The molecule has 0 spiro atoms. The Morgan fingerprint density at radius 2 is 1.78 bits per heavy atom. The van der Waals surface area contributed by atoms with Crippen molar-refractivity contribution in [1.82, 2.24) is 9.47 Å². The second-order valence-corrected chi connectivity index (χ2v) is 8.59. The van der Waals surface area contributed by atoms with Crippen LogP contribution < -0.4 is 15.1 Å². The van der Waals surface area contributed by atoms with E-state index in [-0.39, 0.29) is 23.1 Å². The summed E-state index contributed by atoms with van der Waals surface area (Å²) in [5.41, 5.74) is -0.189. The maximum atomic E-state index is 15.7. The lowest BCUT2D eigenvalue weighted by molar-refractivity contribution is 0.0694. The Morgan fingerprint density at radius 1 is 1.11 bits per heavy atom. The molecule has 2 aromatic carbocycles. The number of nitrogens with zero attached hydrogens (tertiary/aromatic N) is 4. The molecule has 37 heavy (non-hydrogen) atoms. The Balaban J connectivity index is 1.58. The van der Waals surface area contributed by atoms with Crippen LogP contribution in [0.2, 0.25) is 0 Å². The summed E-state index contributed by atoms with van der Waals surface area (Å²) in [6.07, 6.45) is 1.10. The van der Waals surface area contributed by atoms with Gasteiger partial charge in [0.05, 0.1) is 18.0 Å². The minimum absolute atomic E-state index is 0.106. The standard InChI is InChI=1S/C26H28F2N4O5/c1-4-31-14-19(26(34)35)25(33)18-13-20(27)24(22(28)23(18)31)32-11-9-30(10-12-32)15-21(29-37-3)16-5-7-17(36-2)8-6-16/h5-8,13-14H,4,9-12,15H2,1-3H3,(H,34,35)/b29-21+. The van der Waals surface area contributed by atoms with Crippen molar-refractivity contribution in [3.05, 3.63) is 69.5 Å². The first-order valence-electron chi connectivity index (χ1n) is 11.8. The molecule has 0 radical (unpaired) electrons. The van der Waals surface area contributed by atoms with E-state index < -0.39 is 28.6 Å². The lowest BCUT2D eigenvalue weighted by Gasteiger charge is -2.36. The van der Waals surface area contributed by atoms with E-state index in [9.17, 15) is 14.7 Å². The number of carbonyl (C=O) groups is 1. The molecule has 1 fully saturated rings. The highest BCUT2D eigenvalue weighted by Crippen LogP contribution is 2.31. The van der Waals surface area contributed by atoms with Crippen LogP contribution in [0, 0.1) is 11.6 Å². The van der Waals surface area contributed by atoms with Gasteiger partial charge in [0.15, 0.2) is 5.82 Å². The fourth-order valence-corrected chi connectivity index (χ4v) is 4.58. The third kappa shape index (κ3) is 5.12. The van der Waals surface area contributed by atoms with Crippen molar-refractivity contribution in [2.75, 3.05) is 51.8 Å². The number of piperazine rings is 1. The summed E-state index contributed by atoms with van der Waals surface area (Å²) in [5.74, 6) is -2.50. The minimum atomic E-state index is -1.44. The average Bonchev–Trinajstić information content (AvgIpc) is 2.89. The minimum Gasteiger partial charge on any atom is -0.497 e. The molecule has 1 saturated heterocycles. The molecule has 11 heteroatoms. The number of pyridine rings is 1. The molecule has 0 unspecified atom stereocenters. The molecule has 0 atom stereocenters. The zero-order valence-electron chi connectivity index (χ0n) is 20.8. The van der Waals surface area contributed by atoms with E-state index >= 15 is 8.78 Å². The van der Waals surface area contributed by atoms with Gasteiger partial charge in [-0.1, -0.05) is 5.16 Å². The van der Waals surface area contributed by atoms with Gasteiger partial charge >= 0.3 is 5.97 Å². The quantitative estimate of drug-likeness (QED) is 0.364. The average molecular weight is 515 g/mol. The Morgan fingerprint density at radius 3 is 2.35 bits per heavy atom. The van der Waals surface area contributed by atoms with Crippen LogP contribution in [0.25, 0.3) is 10.9 Å². The number of aromatic carboxylic acids is 1. The molecule has 1 aliphatic rings. The van der Waals surface area contributed by atoms with Crippen molar-refractivity contribution in [3.8, 4) is 5.75 Å². The molecule has 2 heterocycles. The summed E-state index contributed by atoms with van der Waals surface area (Å²) >= 11 is 0. The van der Waals surface area contributed by atoms with E-state index in [2.05, 4.69) is 10.1 Å². The highest BCUT2D eigenvalue weighted by Gasteiger charge is 2.27. The maximum Gasteiger partial charge on any atom is 0.341 e. The van der Waals surface area contributed by atoms with Gasteiger partial charge in [0.2, 0.25) is 5.43 Å². The number of carboxylic acid groups (broad SMARTS) is 1. The molecule has 4 rings (SSSR count). The Hall–Kier alpha value is -3.99. The number of methoxy groups -OCH3 is 1. The van der Waals surface area contributed by atoms with Crippen LogP contribution in [0.1, 0.15) is 22.8 Å². The molecule has 0 saturated carbocycles. The number of oxime groups is 1. The van der Waals surface area contributed by atoms with Crippen molar-refractivity contribution in [2.24, 2.45) is 5.16 Å². The van der Waals surface area contributed by atoms with Gasteiger partial charge in [0.25, 0.3) is 0 Å². The molecule has 1 N–H and O–H groups in total. The third-order valence-electron chi connectivity index (χ3n) is 6.49. The number of aromatic nitrogens is 1. The van der Waals surface area contributed by atoms with Gasteiger partial charge in [-0.25, -0.2) is 13.6 Å². The summed E-state index contributed by atoms with van der Waals surface area (Å²) in [6, 6.07) is 8.37. The second-order valence-electron chi connectivity index (χ2n) is 8.59. The second kappa shape index (κ2) is 11.0. The number of aryl methyl sites for hydroxylation is 1. The SMILES string of the molecule is CCn1cc(C(=O)O)c(=O)c2cc(F)c(N3CCN(C/C(=N\OC)c4ccc(OC)cc4)CC3)c(F)c21. The van der Waals surface area contributed by atoms with E-state index in [1.807, 2.05) is 24.3 Å². The summed E-state index contributed by atoms with van der Waals surface area (Å²) in [5, 5.41) is 13.2. The molecule has 9 nitrogen and oxygen atoms in total. The Labute approximate surface area is 212 Å². The number of halogens is 2. The molecule has 3 aromatic rings. The van der Waals surface area contributed by atoms with E-state index in [4.69, 9.17) is 9.57 Å². The van der Waals surface area contributed by atoms with E-state index in [0.717, 1.165) is 23.6 Å². The number of hydrogen-bond acceptors (Lipinski definition) is 7. The molecular weight excluding hydrogens is 486 g/mol. The number of anilines is 1. The fraction of sp³-hybridized carbons (Fsp3) is 0.346. The normalized spacial score (nSPS) is 14.7. The van der Waals surface area contributed by atoms with Gasteiger partial charge in [0.1, 0.15) is 35.6 Å². The zero-order valence-corrected chi connectivity index (χ0v) is 20.8. The summed E-state index contributed by atoms with van der Waals surface area (Å²) in [6.45, 7) is 4.07. The Bertz CT molecular complexity index is 1400. The van der Waals surface area contributed by atoms with Gasteiger partial charge in [-0.3, -0.25) is 9.69 Å². The van der Waals surface area contributed by atoms with Crippen molar-refractivity contribution in [1.29, 1.82) is 0 Å².